The molecule has 0 fully saturated rings. The Morgan fingerprint density at radius 3 is 1.70 bits per heavy atom. The van der Waals surface area contributed by atoms with Crippen LogP contribution in [0.25, 0.3) is 0 Å². The van der Waals surface area contributed by atoms with Crippen molar-refractivity contribution in [2.75, 3.05) is 5.75 Å². The van der Waals surface area contributed by atoms with E-state index in [0.717, 1.165) is 77.0 Å². The average molecular weight is 634 g/mol. The molecule has 0 saturated heterocycles. The van der Waals surface area contributed by atoms with Crippen LogP contribution in [0.3, 0.4) is 0 Å². The second kappa shape index (κ2) is 30.8. The van der Waals surface area contributed by atoms with Crippen LogP contribution in [0.2, 0.25) is 0 Å². The maximum Gasteiger partial charge on any atom is 0.267 e. The number of aliphatic hydroxyl groups is 1. The van der Waals surface area contributed by atoms with Crippen molar-refractivity contribution in [2.24, 2.45) is 0 Å². The smallest absolute Gasteiger partial charge is 0.267 e. The molecule has 252 valence electrons. The minimum Gasteiger partial charge on any atom is -0.387 e. The van der Waals surface area contributed by atoms with Gasteiger partial charge < -0.3 is 10.4 Å². The van der Waals surface area contributed by atoms with Gasteiger partial charge in [-0.25, -0.2) is 0 Å². The molecule has 0 spiro atoms. The highest BCUT2D eigenvalue weighted by atomic mass is 32.2. The fourth-order valence-electron chi connectivity index (χ4n) is 4.55. The molecule has 1 amide bonds. The second-order valence-corrected chi connectivity index (χ2v) is 12.9. The maximum atomic E-state index is 12.4. The van der Waals surface area contributed by atoms with Crippen LogP contribution in [0.4, 0.5) is 0 Å². The molecule has 0 aromatic carbocycles. The number of carbonyl (C=O) groups excluding carboxylic acids is 1. The number of nitrogens with one attached hydrogen (secondary N) is 1. The van der Waals surface area contributed by atoms with Crippen LogP contribution in [0.1, 0.15) is 136 Å². The predicted molar refractivity (Wildman–Crippen MR) is 188 cm³/mol. The summed E-state index contributed by atoms with van der Waals surface area (Å²) in [6.07, 6.45) is 43.1. The zero-order valence-electron chi connectivity index (χ0n) is 27.8. The molecule has 0 rings (SSSR count). The molecule has 0 aliphatic carbocycles. The van der Waals surface area contributed by atoms with E-state index >= 15 is 0 Å². The van der Waals surface area contributed by atoms with E-state index in [2.05, 4.69) is 79.9 Å². The van der Waals surface area contributed by atoms with Gasteiger partial charge in [0, 0.05) is 6.42 Å². The standard InChI is InChI=1S/C37H63NO5S/c1-3-5-7-9-11-13-15-17-19-21-23-25-27-29-31-33-37(40)38-35(34-44(41,42)43)36(39)32-30-28-26-24-22-20-18-16-14-12-10-8-6-4-2/h5,7,11,13-14,16-17,19,22,24,30,32,35-36,39H,3-4,6,8-10,12,15,18,20-21,23,25-29,31,33-34H2,1-2H3,(H,38,40)(H,41,42,43)/b7-5-,13-11-,16-14+,19-17-,24-22+,32-30+. The molecule has 2 atom stereocenters. The monoisotopic (exact) mass is 633 g/mol. The van der Waals surface area contributed by atoms with Gasteiger partial charge in [-0.05, 0) is 77.0 Å². The average Bonchev–Trinajstić information content (AvgIpc) is 2.98. The SMILES string of the molecule is CC/C=C\C/C=C\C/C=C\CCCCCCCC(=O)NC(CS(=O)(=O)O)C(O)/C=C/CC/C=C/CC/C=C/CCCCCC. The number of aliphatic hydroxyl groups excluding tert-OH is 1. The summed E-state index contributed by atoms with van der Waals surface area (Å²) in [5, 5.41) is 13.1. The molecule has 0 aromatic heterocycles. The van der Waals surface area contributed by atoms with Gasteiger partial charge in [0.15, 0.2) is 0 Å². The fraction of sp³-hybridized carbons (Fsp3) is 0.649. The van der Waals surface area contributed by atoms with Gasteiger partial charge in [-0.2, -0.15) is 8.42 Å². The van der Waals surface area contributed by atoms with Crippen molar-refractivity contribution in [3.63, 3.8) is 0 Å². The van der Waals surface area contributed by atoms with Crippen LogP contribution >= 0.6 is 0 Å². The van der Waals surface area contributed by atoms with Gasteiger partial charge in [-0.15, -0.1) is 0 Å². The number of allylic oxidation sites excluding steroid dienone is 11. The topological polar surface area (TPSA) is 104 Å². The summed E-state index contributed by atoms with van der Waals surface area (Å²) >= 11 is 0. The van der Waals surface area contributed by atoms with Crippen LogP contribution in [0.5, 0.6) is 0 Å². The Bertz CT molecular complexity index is 962. The third-order valence-electron chi connectivity index (χ3n) is 7.09. The van der Waals surface area contributed by atoms with Crippen LogP contribution in [0, 0.1) is 0 Å². The van der Waals surface area contributed by atoms with E-state index < -0.39 is 28.0 Å². The molecule has 3 N–H and O–H groups in total. The van der Waals surface area contributed by atoms with E-state index in [1.807, 2.05) is 0 Å². The first-order valence-electron chi connectivity index (χ1n) is 17.1. The minimum absolute atomic E-state index is 0.261. The third kappa shape index (κ3) is 31.2. The summed E-state index contributed by atoms with van der Waals surface area (Å²) in [6, 6.07) is -1.09. The first-order valence-corrected chi connectivity index (χ1v) is 18.7. The zero-order chi connectivity index (χ0) is 32.6. The number of amides is 1. The molecule has 0 saturated carbocycles. The highest BCUT2D eigenvalue weighted by molar-refractivity contribution is 7.85. The first-order chi connectivity index (χ1) is 21.3. The molecule has 0 bridgehead atoms. The van der Waals surface area contributed by atoms with Gasteiger partial charge in [0.2, 0.25) is 5.91 Å². The van der Waals surface area contributed by atoms with E-state index in [9.17, 15) is 22.9 Å². The van der Waals surface area contributed by atoms with Crippen LogP contribution in [-0.2, 0) is 14.9 Å². The Kier molecular flexibility index (Phi) is 29.2. The van der Waals surface area contributed by atoms with E-state index in [0.29, 0.717) is 12.8 Å². The van der Waals surface area contributed by atoms with Gasteiger partial charge in [0.1, 0.15) is 0 Å². The summed E-state index contributed by atoms with van der Waals surface area (Å²) in [7, 11) is -4.36. The van der Waals surface area contributed by atoms with Crippen molar-refractivity contribution >= 4 is 16.0 Å². The summed E-state index contributed by atoms with van der Waals surface area (Å²) < 4.78 is 32.3. The first kappa shape index (κ1) is 41.8. The lowest BCUT2D eigenvalue weighted by molar-refractivity contribution is -0.122. The van der Waals surface area contributed by atoms with Crippen molar-refractivity contribution < 1.29 is 22.9 Å². The van der Waals surface area contributed by atoms with Crippen LogP contribution in [0.15, 0.2) is 72.9 Å². The van der Waals surface area contributed by atoms with Crippen molar-refractivity contribution in [1.82, 2.24) is 5.32 Å². The van der Waals surface area contributed by atoms with Gasteiger partial charge in [-0.3, -0.25) is 9.35 Å². The number of rotatable bonds is 29. The number of hydrogen-bond donors (Lipinski definition) is 3. The lowest BCUT2D eigenvalue weighted by Crippen LogP contribution is -2.46. The molecule has 6 nitrogen and oxygen atoms in total. The van der Waals surface area contributed by atoms with Crippen LogP contribution in [-0.4, -0.2) is 41.9 Å². The molecule has 2 unspecified atom stereocenters. The Labute approximate surface area is 270 Å². The number of hydrogen-bond acceptors (Lipinski definition) is 4. The van der Waals surface area contributed by atoms with E-state index in [4.69, 9.17) is 0 Å². The van der Waals surface area contributed by atoms with Gasteiger partial charge in [-0.1, -0.05) is 125 Å². The molecule has 0 heterocycles. The third-order valence-corrected chi connectivity index (χ3v) is 7.87. The minimum atomic E-state index is -4.36. The van der Waals surface area contributed by atoms with Crippen molar-refractivity contribution in [1.29, 1.82) is 0 Å². The zero-order valence-corrected chi connectivity index (χ0v) is 28.6. The Morgan fingerprint density at radius 1 is 0.636 bits per heavy atom. The van der Waals surface area contributed by atoms with Gasteiger partial charge >= 0.3 is 0 Å². The molecular formula is C37H63NO5S. The summed E-state index contributed by atoms with van der Waals surface area (Å²) in [6.45, 7) is 4.36. The molecule has 0 aliphatic heterocycles. The number of carbonyl (C=O) groups is 1. The Balaban J connectivity index is 4.16. The van der Waals surface area contributed by atoms with Crippen molar-refractivity contribution in [3.8, 4) is 0 Å². The lowest BCUT2D eigenvalue weighted by Gasteiger charge is -2.21. The maximum absolute atomic E-state index is 12.4. The van der Waals surface area contributed by atoms with E-state index in [1.165, 1.54) is 31.8 Å². The van der Waals surface area contributed by atoms with Crippen molar-refractivity contribution in [2.45, 2.75) is 148 Å². The van der Waals surface area contributed by atoms with Crippen molar-refractivity contribution in [3.05, 3.63) is 72.9 Å². The molecule has 0 aliphatic rings. The summed E-state index contributed by atoms with van der Waals surface area (Å²) in [5.74, 6) is -1.04. The highest BCUT2D eigenvalue weighted by Gasteiger charge is 2.24. The Hall–Kier alpha value is -2.22. The van der Waals surface area contributed by atoms with E-state index in [1.54, 1.807) is 6.08 Å². The summed E-state index contributed by atoms with van der Waals surface area (Å²) in [4.78, 5) is 12.4. The van der Waals surface area contributed by atoms with E-state index in [-0.39, 0.29) is 12.3 Å². The second-order valence-electron chi connectivity index (χ2n) is 11.4. The van der Waals surface area contributed by atoms with Gasteiger partial charge in [0.05, 0.1) is 17.9 Å². The molecule has 44 heavy (non-hydrogen) atoms. The van der Waals surface area contributed by atoms with Gasteiger partial charge in [0.25, 0.3) is 10.1 Å². The Morgan fingerprint density at radius 2 is 1.11 bits per heavy atom. The summed E-state index contributed by atoms with van der Waals surface area (Å²) in [5.41, 5.74) is 0. The molecule has 0 radical (unpaired) electrons. The highest BCUT2D eigenvalue weighted by Crippen LogP contribution is 2.10. The molecular weight excluding hydrogens is 570 g/mol. The normalized spacial score (nSPS) is 14.4. The lowest BCUT2D eigenvalue weighted by atomic mass is 10.1. The molecule has 7 heteroatoms. The quantitative estimate of drug-likeness (QED) is 0.0432. The van der Waals surface area contributed by atoms with Crippen LogP contribution < -0.4 is 5.32 Å². The fourth-order valence-corrected chi connectivity index (χ4v) is 5.29. The largest absolute Gasteiger partial charge is 0.387 e. The predicted octanol–water partition coefficient (Wildman–Crippen LogP) is 9.51. The number of unbranched alkanes of at least 4 members (excludes halogenated alkanes) is 11. The molecule has 0 aromatic rings.